The van der Waals surface area contributed by atoms with Gasteiger partial charge in [0.25, 0.3) is 0 Å². The zero-order chi connectivity index (χ0) is 13.2. The third kappa shape index (κ3) is 3.43. The molecule has 2 fully saturated rings. The zero-order valence-corrected chi connectivity index (χ0v) is 11.4. The molecule has 1 atom stereocenters. The van der Waals surface area contributed by atoms with Gasteiger partial charge in [0.1, 0.15) is 0 Å². The Balaban J connectivity index is 2.01. The van der Waals surface area contributed by atoms with Crippen molar-refractivity contribution in [1.29, 1.82) is 0 Å². The van der Waals surface area contributed by atoms with E-state index in [-0.39, 0.29) is 12.1 Å². The quantitative estimate of drug-likeness (QED) is 0.674. The molecular weight excluding hydrogens is 256 g/mol. The molecule has 7 heteroatoms. The minimum absolute atomic E-state index is 0.0852. The van der Waals surface area contributed by atoms with Crippen molar-refractivity contribution in [3.8, 4) is 0 Å². The van der Waals surface area contributed by atoms with E-state index < -0.39 is 21.7 Å². The van der Waals surface area contributed by atoms with E-state index in [1.54, 1.807) is 0 Å². The van der Waals surface area contributed by atoms with E-state index in [1.165, 1.54) is 11.4 Å². The highest BCUT2D eigenvalue weighted by molar-refractivity contribution is 7.89. The van der Waals surface area contributed by atoms with Crippen LogP contribution in [-0.4, -0.2) is 56.7 Å². The summed E-state index contributed by atoms with van der Waals surface area (Å²) >= 11 is 0. The molecule has 0 amide bonds. The molecule has 18 heavy (non-hydrogen) atoms. The first-order valence-corrected chi connectivity index (χ1v) is 7.93. The molecule has 0 radical (unpaired) electrons. The Bertz CT molecular complexity index is 399. The lowest BCUT2D eigenvalue weighted by Crippen LogP contribution is -2.44. The van der Waals surface area contributed by atoms with Crippen LogP contribution in [-0.2, 0) is 19.6 Å². The summed E-state index contributed by atoms with van der Waals surface area (Å²) in [5, 5.41) is 3.29. The van der Waals surface area contributed by atoms with Crippen LogP contribution in [0.2, 0.25) is 0 Å². The summed E-state index contributed by atoms with van der Waals surface area (Å²) in [5.41, 5.74) is 0. The van der Waals surface area contributed by atoms with E-state index in [2.05, 4.69) is 10.1 Å². The SMILES string of the molecule is COC(=O)CS(=O)(=O)N(CC1CCCN1)C1CC1. The van der Waals surface area contributed by atoms with Gasteiger partial charge in [-0.2, -0.15) is 4.31 Å². The molecule has 0 aromatic heterocycles. The molecule has 1 unspecified atom stereocenters. The van der Waals surface area contributed by atoms with E-state index in [9.17, 15) is 13.2 Å². The normalized spacial score (nSPS) is 24.4. The maximum Gasteiger partial charge on any atom is 0.322 e. The Morgan fingerprint density at radius 1 is 1.39 bits per heavy atom. The van der Waals surface area contributed by atoms with Crippen LogP contribution in [0.1, 0.15) is 25.7 Å². The van der Waals surface area contributed by atoms with Gasteiger partial charge in [-0.25, -0.2) is 8.42 Å². The van der Waals surface area contributed by atoms with Crippen LogP contribution in [0.15, 0.2) is 0 Å². The molecule has 1 saturated carbocycles. The monoisotopic (exact) mass is 276 g/mol. The fourth-order valence-electron chi connectivity index (χ4n) is 2.27. The predicted molar refractivity (Wildman–Crippen MR) is 66.6 cm³/mol. The number of ether oxygens (including phenoxy) is 1. The fraction of sp³-hybridized carbons (Fsp3) is 0.909. The number of nitrogens with zero attached hydrogens (tertiary/aromatic N) is 1. The highest BCUT2D eigenvalue weighted by Crippen LogP contribution is 2.30. The van der Waals surface area contributed by atoms with Gasteiger partial charge >= 0.3 is 5.97 Å². The Labute approximate surface area is 108 Å². The number of hydrogen-bond donors (Lipinski definition) is 1. The number of rotatable bonds is 6. The lowest BCUT2D eigenvalue weighted by molar-refractivity contribution is -0.137. The predicted octanol–water partition coefficient (Wildman–Crippen LogP) is -0.294. The smallest absolute Gasteiger partial charge is 0.322 e. The van der Waals surface area contributed by atoms with E-state index in [4.69, 9.17) is 0 Å². The van der Waals surface area contributed by atoms with Crippen LogP contribution in [0.3, 0.4) is 0 Å². The van der Waals surface area contributed by atoms with Gasteiger partial charge in [0, 0.05) is 18.6 Å². The third-order valence-corrected chi connectivity index (χ3v) is 5.16. The van der Waals surface area contributed by atoms with E-state index in [0.29, 0.717) is 6.54 Å². The van der Waals surface area contributed by atoms with Crippen molar-refractivity contribution >= 4 is 16.0 Å². The second kappa shape index (κ2) is 5.54. The fourth-order valence-corrected chi connectivity index (χ4v) is 3.93. The second-order valence-electron chi connectivity index (χ2n) is 4.93. The lowest BCUT2D eigenvalue weighted by atomic mass is 10.2. The van der Waals surface area contributed by atoms with Crippen molar-refractivity contribution in [2.75, 3.05) is 26.0 Å². The first-order valence-electron chi connectivity index (χ1n) is 6.32. The van der Waals surface area contributed by atoms with E-state index in [0.717, 1.165) is 32.2 Å². The number of methoxy groups -OCH3 is 1. The summed E-state index contributed by atoms with van der Waals surface area (Å²) in [4.78, 5) is 11.2. The van der Waals surface area contributed by atoms with Crippen LogP contribution in [0.25, 0.3) is 0 Å². The van der Waals surface area contributed by atoms with Crippen LogP contribution in [0.5, 0.6) is 0 Å². The Morgan fingerprint density at radius 2 is 2.11 bits per heavy atom. The van der Waals surface area contributed by atoms with Gasteiger partial charge < -0.3 is 10.1 Å². The molecule has 0 aromatic rings. The minimum atomic E-state index is -3.54. The highest BCUT2D eigenvalue weighted by Gasteiger charge is 2.39. The molecule has 2 aliphatic rings. The molecule has 0 bridgehead atoms. The topological polar surface area (TPSA) is 75.7 Å². The maximum atomic E-state index is 12.2. The molecule has 0 spiro atoms. The molecular formula is C11H20N2O4S. The van der Waals surface area contributed by atoms with Crippen molar-refractivity contribution in [3.05, 3.63) is 0 Å². The summed E-state index contributed by atoms with van der Waals surface area (Å²) in [6, 6.07) is 0.306. The van der Waals surface area contributed by atoms with Gasteiger partial charge in [-0.15, -0.1) is 0 Å². The lowest BCUT2D eigenvalue weighted by Gasteiger charge is -2.24. The van der Waals surface area contributed by atoms with Gasteiger partial charge in [-0.3, -0.25) is 4.79 Å². The number of nitrogens with one attached hydrogen (secondary N) is 1. The zero-order valence-electron chi connectivity index (χ0n) is 10.6. The average molecular weight is 276 g/mol. The van der Waals surface area contributed by atoms with Crippen molar-refractivity contribution in [2.45, 2.75) is 37.8 Å². The maximum absolute atomic E-state index is 12.2. The molecule has 1 aliphatic heterocycles. The van der Waals surface area contributed by atoms with Gasteiger partial charge in [0.05, 0.1) is 7.11 Å². The Morgan fingerprint density at radius 3 is 2.61 bits per heavy atom. The number of hydrogen-bond acceptors (Lipinski definition) is 5. The van der Waals surface area contributed by atoms with Crippen molar-refractivity contribution in [1.82, 2.24) is 9.62 Å². The number of carbonyl (C=O) groups is 1. The van der Waals surface area contributed by atoms with Crippen LogP contribution >= 0.6 is 0 Å². The van der Waals surface area contributed by atoms with Crippen molar-refractivity contribution in [3.63, 3.8) is 0 Å². The number of sulfonamides is 1. The van der Waals surface area contributed by atoms with Crippen LogP contribution < -0.4 is 5.32 Å². The van der Waals surface area contributed by atoms with Crippen LogP contribution in [0, 0.1) is 0 Å². The molecule has 2 rings (SSSR count). The Hall–Kier alpha value is -0.660. The van der Waals surface area contributed by atoms with Crippen LogP contribution in [0.4, 0.5) is 0 Å². The summed E-state index contributed by atoms with van der Waals surface area (Å²) in [5.74, 6) is -1.24. The standard InChI is InChI=1S/C11H20N2O4S/c1-17-11(14)8-18(15,16)13(10-4-5-10)7-9-3-2-6-12-9/h9-10,12H,2-8H2,1H3. The molecule has 104 valence electrons. The highest BCUT2D eigenvalue weighted by atomic mass is 32.2. The molecule has 1 heterocycles. The summed E-state index contributed by atoms with van der Waals surface area (Å²) < 4.78 is 30.3. The van der Waals surface area contributed by atoms with Crippen molar-refractivity contribution < 1.29 is 17.9 Å². The second-order valence-corrected chi connectivity index (χ2v) is 6.85. The molecule has 1 aliphatic carbocycles. The first kappa shape index (κ1) is 13.8. The molecule has 1 saturated heterocycles. The third-order valence-electron chi connectivity index (χ3n) is 3.40. The molecule has 0 aromatic carbocycles. The summed E-state index contributed by atoms with van der Waals surface area (Å²) in [6.07, 6.45) is 3.87. The summed E-state index contributed by atoms with van der Waals surface area (Å²) in [7, 11) is -2.33. The first-order chi connectivity index (χ1) is 8.53. The largest absolute Gasteiger partial charge is 0.468 e. The Kier molecular flexibility index (Phi) is 4.24. The molecule has 1 N–H and O–H groups in total. The van der Waals surface area contributed by atoms with E-state index >= 15 is 0 Å². The number of carbonyl (C=O) groups excluding carboxylic acids is 1. The van der Waals surface area contributed by atoms with Crippen molar-refractivity contribution in [2.24, 2.45) is 0 Å². The number of esters is 1. The van der Waals surface area contributed by atoms with Gasteiger partial charge in [-0.1, -0.05) is 0 Å². The van der Waals surface area contributed by atoms with Gasteiger partial charge in [0.2, 0.25) is 10.0 Å². The van der Waals surface area contributed by atoms with Gasteiger partial charge in [0.15, 0.2) is 5.75 Å². The summed E-state index contributed by atoms with van der Waals surface area (Å²) in [6.45, 7) is 1.42. The minimum Gasteiger partial charge on any atom is -0.468 e. The average Bonchev–Trinajstić information content (AvgIpc) is 3.02. The van der Waals surface area contributed by atoms with Gasteiger partial charge in [-0.05, 0) is 32.2 Å². The van der Waals surface area contributed by atoms with E-state index in [1.807, 2.05) is 0 Å². The molecule has 6 nitrogen and oxygen atoms in total.